The number of carbonyl (C=O) groups excluding carboxylic acids is 3. The molecule has 1 fully saturated rings. The van der Waals surface area contributed by atoms with Crippen LogP contribution in [0.4, 0.5) is 0 Å². The van der Waals surface area contributed by atoms with Gasteiger partial charge in [0.05, 0.1) is 18.6 Å². The van der Waals surface area contributed by atoms with Gasteiger partial charge in [-0.1, -0.05) is 11.8 Å². The lowest BCUT2D eigenvalue weighted by molar-refractivity contribution is -0.138. The maximum Gasteiger partial charge on any atom is 0.268 e. The van der Waals surface area contributed by atoms with Gasteiger partial charge in [-0.3, -0.25) is 19.6 Å². The summed E-state index contributed by atoms with van der Waals surface area (Å²) in [6.07, 6.45) is -1.20. The van der Waals surface area contributed by atoms with E-state index in [4.69, 9.17) is 16.0 Å². The Morgan fingerprint density at radius 1 is 1.23 bits per heavy atom. The summed E-state index contributed by atoms with van der Waals surface area (Å²) in [6, 6.07) is 4.01. The van der Waals surface area contributed by atoms with Gasteiger partial charge in [0, 0.05) is 24.2 Å². The molecule has 0 aliphatic carbocycles. The topological polar surface area (TPSA) is 165 Å². The molecule has 3 amide bonds. The summed E-state index contributed by atoms with van der Waals surface area (Å²) in [6.45, 7) is 1.82. The second-order valence-electron chi connectivity index (χ2n) is 6.99. The average molecular weight is 428 g/mol. The molecule has 2 rings (SSSR count). The molecule has 1 aromatic rings. The zero-order chi connectivity index (χ0) is 23.0. The second kappa shape index (κ2) is 11.1. The normalized spacial score (nSPS) is 15.7. The fraction of sp³-hybridized carbons (Fsp3) is 0.381. The van der Waals surface area contributed by atoms with Gasteiger partial charge in [0.2, 0.25) is 5.91 Å². The van der Waals surface area contributed by atoms with Crippen LogP contribution in [0, 0.1) is 29.6 Å². The van der Waals surface area contributed by atoms with Crippen LogP contribution in [-0.2, 0) is 9.59 Å². The van der Waals surface area contributed by atoms with Crippen LogP contribution in [-0.4, -0.2) is 75.9 Å². The van der Waals surface area contributed by atoms with Crippen molar-refractivity contribution in [1.82, 2.24) is 15.7 Å². The molecule has 0 bridgehead atoms. The van der Waals surface area contributed by atoms with Crippen LogP contribution in [0.25, 0.3) is 0 Å². The first-order chi connectivity index (χ1) is 14.8. The van der Waals surface area contributed by atoms with E-state index in [9.17, 15) is 19.5 Å². The minimum atomic E-state index is -1.30. The third kappa shape index (κ3) is 6.54. The number of nitrogens with one attached hydrogen (secondary N) is 2. The number of hydrogen-bond donors (Lipinski definition) is 6. The minimum absolute atomic E-state index is 0.00759. The Hall–Kier alpha value is -3.41. The Kier molecular flexibility index (Phi) is 8.55. The van der Waals surface area contributed by atoms with Crippen LogP contribution in [0.2, 0.25) is 0 Å². The Morgan fingerprint density at radius 3 is 2.42 bits per heavy atom. The molecule has 0 spiro atoms. The number of amides is 3. The van der Waals surface area contributed by atoms with Gasteiger partial charge in [-0.25, -0.2) is 5.48 Å². The van der Waals surface area contributed by atoms with Gasteiger partial charge in [0.15, 0.2) is 0 Å². The maximum absolute atomic E-state index is 12.2. The number of aliphatic hydroxyl groups excluding tert-OH is 2. The highest BCUT2D eigenvalue weighted by atomic mass is 16.5. The van der Waals surface area contributed by atoms with Crippen LogP contribution in [0.5, 0.6) is 0 Å². The van der Waals surface area contributed by atoms with Crippen molar-refractivity contribution >= 4 is 17.7 Å². The highest BCUT2D eigenvalue weighted by Gasteiger charge is 2.31. The van der Waals surface area contributed by atoms with Crippen molar-refractivity contribution in [1.29, 1.82) is 0 Å². The van der Waals surface area contributed by atoms with Crippen molar-refractivity contribution in [3.8, 4) is 23.7 Å². The fourth-order valence-corrected chi connectivity index (χ4v) is 2.71. The number of carbonyl (C=O) groups is 3. The molecule has 3 atom stereocenters. The van der Waals surface area contributed by atoms with E-state index in [1.807, 2.05) is 0 Å². The molecule has 0 saturated carbocycles. The van der Waals surface area contributed by atoms with Gasteiger partial charge in [-0.2, -0.15) is 0 Å². The maximum atomic E-state index is 12.2. The molecular formula is C21H24N4O6. The zero-order valence-corrected chi connectivity index (χ0v) is 16.8. The van der Waals surface area contributed by atoms with E-state index < -0.39 is 36.6 Å². The van der Waals surface area contributed by atoms with Gasteiger partial charge in [0.25, 0.3) is 11.8 Å². The molecule has 10 nitrogen and oxygen atoms in total. The van der Waals surface area contributed by atoms with Crippen molar-refractivity contribution in [2.24, 2.45) is 11.7 Å². The number of hydroxylamine groups is 1. The SMILES string of the molecule is C[C@@H](O)[C@H](NC(=O)c1ccc(C#CC#CC2CN(C(=O)C(N)CO)C2)cc1)C(=O)NO. The van der Waals surface area contributed by atoms with Crippen molar-refractivity contribution in [3.05, 3.63) is 35.4 Å². The Morgan fingerprint density at radius 2 is 1.87 bits per heavy atom. The molecule has 0 aromatic heterocycles. The van der Waals surface area contributed by atoms with E-state index in [0.29, 0.717) is 18.7 Å². The molecule has 1 aliphatic rings. The lowest BCUT2D eigenvalue weighted by Crippen LogP contribution is -2.55. The van der Waals surface area contributed by atoms with Gasteiger partial charge in [-0.15, -0.1) is 0 Å². The van der Waals surface area contributed by atoms with Gasteiger partial charge in [-0.05, 0) is 43.0 Å². The van der Waals surface area contributed by atoms with Gasteiger partial charge in [0.1, 0.15) is 12.1 Å². The molecule has 1 aromatic carbocycles. The van der Waals surface area contributed by atoms with E-state index in [1.54, 1.807) is 12.1 Å². The van der Waals surface area contributed by atoms with Crippen molar-refractivity contribution in [2.75, 3.05) is 19.7 Å². The Balaban J connectivity index is 1.89. The Bertz CT molecular complexity index is 933. The number of rotatable bonds is 6. The largest absolute Gasteiger partial charge is 0.394 e. The summed E-state index contributed by atoms with van der Waals surface area (Å²) in [7, 11) is 0. The van der Waals surface area contributed by atoms with E-state index >= 15 is 0 Å². The minimum Gasteiger partial charge on any atom is -0.394 e. The van der Waals surface area contributed by atoms with E-state index in [0.717, 1.165) is 0 Å². The summed E-state index contributed by atoms with van der Waals surface area (Å²) in [4.78, 5) is 37.0. The van der Waals surface area contributed by atoms with Crippen LogP contribution in [0.1, 0.15) is 22.8 Å². The highest BCUT2D eigenvalue weighted by Crippen LogP contribution is 2.15. The van der Waals surface area contributed by atoms with Crippen molar-refractivity contribution in [2.45, 2.75) is 25.1 Å². The predicted molar refractivity (Wildman–Crippen MR) is 109 cm³/mol. The summed E-state index contributed by atoms with van der Waals surface area (Å²) >= 11 is 0. The van der Waals surface area contributed by atoms with Crippen molar-refractivity contribution < 1.29 is 29.8 Å². The van der Waals surface area contributed by atoms with E-state index in [1.165, 1.54) is 29.4 Å². The molecule has 7 N–H and O–H groups in total. The Labute approximate surface area is 179 Å². The number of nitrogens with two attached hydrogens (primary N) is 1. The highest BCUT2D eigenvalue weighted by molar-refractivity contribution is 5.97. The number of benzene rings is 1. The first kappa shape index (κ1) is 23.9. The molecule has 10 heteroatoms. The quantitative estimate of drug-likeness (QED) is 0.170. The summed E-state index contributed by atoms with van der Waals surface area (Å²) < 4.78 is 0. The summed E-state index contributed by atoms with van der Waals surface area (Å²) in [5.74, 6) is 9.39. The van der Waals surface area contributed by atoms with Crippen molar-refractivity contribution in [3.63, 3.8) is 0 Å². The monoisotopic (exact) mass is 428 g/mol. The number of nitrogens with zero attached hydrogens (tertiary/aromatic N) is 1. The zero-order valence-electron chi connectivity index (χ0n) is 16.8. The van der Waals surface area contributed by atoms with Crippen LogP contribution < -0.4 is 16.5 Å². The fourth-order valence-electron chi connectivity index (χ4n) is 2.71. The summed E-state index contributed by atoms with van der Waals surface area (Å²) in [5.41, 5.74) is 7.73. The van der Waals surface area contributed by atoms with Gasteiger partial charge >= 0.3 is 0 Å². The number of likely N-dealkylation sites (tertiary alicyclic amines) is 1. The smallest absolute Gasteiger partial charge is 0.268 e. The lowest BCUT2D eigenvalue weighted by atomic mass is 10.00. The molecule has 0 radical (unpaired) electrons. The standard InChI is InChI=1S/C21H24N4O6/c1-13(27)18(20(29)24-31)23-19(28)16-8-6-14(7-9-16)4-2-3-5-15-10-25(11-15)21(30)17(22)12-26/h6-9,13,15,17-18,26-27,31H,10-12,22H2,1H3,(H,23,28)(H,24,29)/t13-,17?,18+/m1/s1. The average Bonchev–Trinajstić information content (AvgIpc) is 2.74. The molecule has 1 saturated heterocycles. The molecule has 1 unspecified atom stereocenters. The number of hydrogen-bond acceptors (Lipinski definition) is 7. The van der Waals surface area contributed by atoms with Crippen LogP contribution in [0.3, 0.4) is 0 Å². The molecular weight excluding hydrogens is 404 g/mol. The molecule has 1 aliphatic heterocycles. The molecule has 164 valence electrons. The predicted octanol–water partition coefficient (Wildman–Crippen LogP) is -2.20. The van der Waals surface area contributed by atoms with E-state index in [2.05, 4.69) is 29.0 Å². The molecule has 31 heavy (non-hydrogen) atoms. The van der Waals surface area contributed by atoms with Gasteiger partial charge < -0.3 is 26.2 Å². The first-order valence-corrected chi connectivity index (χ1v) is 9.46. The van der Waals surface area contributed by atoms with Crippen LogP contribution in [0.15, 0.2) is 24.3 Å². The molecule has 1 heterocycles. The van der Waals surface area contributed by atoms with E-state index in [-0.39, 0.29) is 17.4 Å². The second-order valence-corrected chi connectivity index (χ2v) is 6.99. The summed E-state index contributed by atoms with van der Waals surface area (Å²) in [5, 5.41) is 29.5. The first-order valence-electron chi connectivity index (χ1n) is 9.46. The third-order valence-corrected chi connectivity index (χ3v) is 4.56. The van der Waals surface area contributed by atoms with Crippen LogP contribution >= 0.6 is 0 Å². The number of aliphatic hydroxyl groups is 2. The lowest BCUT2D eigenvalue weighted by Gasteiger charge is -2.37. The third-order valence-electron chi connectivity index (χ3n) is 4.56.